The second-order valence-electron chi connectivity index (χ2n) is 26.0. The monoisotopic (exact) mass is 1200 g/mol. The third kappa shape index (κ3) is 69.1. The fourth-order valence-corrected chi connectivity index (χ4v) is 11.6. The Kier molecular flexibility index (Phi) is 63.8. The Morgan fingerprint density at radius 1 is 0.381 bits per heavy atom. The lowest BCUT2D eigenvalue weighted by molar-refractivity contribution is -0.870. The Morgan fingerprint density at radius 2 is 0.679 bits per heavy atom. The van der Waals surface area contributed by atoms with Crippen LogP contribution in [-0.4, -0.2) is 74.9 Å². The average molecular weight is 1200 g/mol. The largest absolute Gasteiger partial charge is 0.472 e. The number of hydrogen-bond donors (Lipinski definition) is 1. The van der Waals surface area contributed by atoms with Crippen molar-refractivity contribution in [1.29, 1.82) is 0 Å². The third-order valence-electron chi connectivity index (χ3n) is 16.4. The highest BCUT2D eigenvalue weighted by molar-refractivity contribution is 7.47. The zero-order valence-electron chi connectivity index (χ0n) is 56.4. The maximum atomic E-state index is 12.9. The molecule has 0 fully saturated rings. The van der Waals surface area contributed by atoms with Crippen molar-refractivity contribution in [2.24, 2.45) is 0 Å². The van der Waals surface area contributed by atoms with Gasteiger partial charge in [-0.2, -0.15) is 0 Å². The second kappa shape index (κ2) is 65.4. The molecule has 0 bridgehead atoms. The highest BCUT2D eigenvalue weighted by atomic mass is 31.2. The molecule has 10 heteroatoms. The SMILES string of the molecule is CC/C=C\C/C=C\C/C=C\C/C=C\CCCCCCCCCCCCCCCCCCCCCCC(=O)OC(COC(=O)CCCCCCCCCCCCCCCCCCCCCCCCCCCCC)COP(=O)(O)OCC[N+](C)(C)C. The van der Waals surface area contributed by atoms with Crippen LogP contribution in [0.1, 0.15) is 361 Å². The molecule has 0 heterocycles. The second-order valence-corrected chi connectivity index (χ2v) is 27.4. The number of unbranched alkanes of at least 4 members (excludes halogenated alkanes) is 46. The summed E-state index contributed by atoms with van der Waals surface area (Å²) < 4.78 is 34.8. The molecule has 2 atom stereocenters. The molecule has 2 unspecified atom stereocenters. The van der Waals surface area contributed by atoms with Crippen LogP contribution in [0.15, 0.2) is 48.6 Å². The fraction of sp³-hybridized carbons (Fsp3) is 0.865. The number of phosphoric ester groups is 1. The van der Waals surface area contributed by atoms with Crippen molar-refractivity contribution in [3.8, 4) is 0 Å². The lowest BCUT2D eigenvalue weighted by Gasteiger charge is -2.24. The Labute approximate surface area is 522 Å². The first-order chi connectivity index (χ1) is 41.0. The zero-order chi connectivity index (χ0) is 61.2. The van der Waals surface area contributed by atoms with Crippen molar-refractivity contribution >= 4 is 19.8 Å². The normalized spacial score (nSPS) is 13.4. The van der Waals surface area contributed by atoms with E-state index in [4.69, 9.17) is 18.5 Å². The number of nitrogens with zero attached hydrogens (tertiary/aromatic N) is 1. The zero-order valence-corrected chi connectivity index (χ0v) is 57.3. The number of allylic oxidation sites excluding steroid dienone is 8. The molecule has 0 aliphatic carbocycles. The first-order valence-electron chi connectivity index (χ1n) is 36.4. The van der Waals surface area contributed by atoms with Crippen LogP contribution in [0.2, 0.25) is 0 Å². The van der Waals surface area contributed by atoms with Gasteiger partial charge in [0, 0.05) is 12.8 Å². The quantitative estimate of drug-likeness (QED) is 0.0211. The molecule has 1 N–H and O–H groups in total. The van der Waals surface area contributed by atoms with Crippen LogP contribution < -0.4 is 0 Å². The van der Waals surface area contributed by atoms with E-state index in [-0.39, 0.29) is 25.6 Å². The summed E-state index contributed by atoms with van der Waals surface area (Å²) in [6.07, 6.45) is 85.2. The van der Waals surface area contributed by atoms with E-state index in [9.17, 15) is 19.0 Å². The lowest BCUT2D eigenvalue weighted by Crippen LogP contribution is -2.37. The maximum absolute atomic E-state index is 12.9. The van der Waals surface area contributed by atoms with Gasteiger partial charge >= 0.3 is 19.8 Å². The molecule has 0 saturated heterocycles. The summed E-state index contributed by atoms with van der Waals surface area (Å²) in [5.41, 5.74) is 0. The van der Waals surface area contributed by atoms with Crippen molar-refractivity contribution < 1.29 is 42.1 Å². The lowest BCUT2D eigenvalue weighted by atomic mass is 10.0. The van der Waals surface area contributed by atoms with Crippen molar-refractivity contribution in [2.45, 2.75) is 367 Å². The van der Waals surface area contributed by atoms with Crippen LogP contribution in [0.5, 0.6) is 0 Å². The summed E-state index contributed by atoms with van der Waals surface area (Å²) in [4.78, 5) is 35.9. The van der Waals surface area contributed by atoms with Gasteiger partial charge in [-0.05, 0) is 51.4 Å². The topological polar surface area (TPSA) is 108 Å². The number of esters is 2. The van der Waals surface area contributed by atoms with Crippen LogP contribution in [-0.2, 0) is 32.7 Å². The Balaban J connectivity index is 3.97. The van der Waals surface area contributed by atoms with E-state index in [0.717, 1.165) is 57.8 Å². The number of carbonyl (C=O) groups is 2. The number of phosphoric acid groups is 1. The summed E-state index contributed by atoms with van der Waals surface area (Å²) in [6, 6.07) is 0. The number of hydrogen-bond acceptors (Lipinski definition) is 7. The predicted molar refractivity (Wildman–Crippen MR) is 363 cm³/mol. The van der Waals surface area contributed by atoms with E-state index in [1.807, 2.05) is 21.1 Å². The van der Waals surface area contributed by atoms with Gasteiger partial charge in [0.15, 0.2) is 6.10 Å². The Hall–Kier alpha value is -2.03. The van der Waals surface area contributed by atoms with Gasteiger partial charge in [-0.3, -0.25) is 18.6 Å². The summed E-state index contributed by atoms with van der Waals surface area (Å²) in [5.74, 6) is -0.774. The molecule has 0 aliphatic rings. The molecule has 0 saturated carbocycles. The van der Waals surface area contributed by atoms with Crippen molar-refractivity contribution in [3.63, 3.8) is 0 Å². The first-order valence-corrected chi connectivity index (χ1v) is 37.9. The highest BCUT2D eigenvalue weighted by Crippen LogP contribution is 2.43. The fourth-order valence-electron chi connectivity index (χ4n) is 10.8. The van der Waals surface area contributed by atoms with Gasteiger partial charge in [0.25, 0.3) is 0 Å². The molecule has 0 rings (SSSR count). The molecule has 494 valence electrons. The molecule has 0 amide bonds. The molecule has 0 aromatic rings. The summed E-state index contributed by atoms with van der Waals surface area (Å²) in [6.45, 7) is 4.40. The van der Waals surface area contributed by atoms with E-state index >= 15 is 0 Å². The Bertz CT molecular complexity index is 1560. The first kappa shape index (κ1) is 82.0. The van der Waals surface area contributed by atoms with Crippen molar-refractivity contribution in [1.82, 2.24) is 0 Å². The summed E-state index contributed by atoms with van der Waals surface area (Å²) >= 11 is 0. The van der Waals surface area contributed by atoms with E-state index in [0.29, 0.717) is 23.9 Å². The smallest absolute Gasteiger partial charge is 0.462 e. The summed E-state index contributed by atoms with van der Waals surface area (Å²) in [7, 11) is 1.50. The number of quaternary nitrogens is 1. The standard InChI is InChI=1S/C74H140NO8P/c1-6-8-10-12-14-16-18-20-22-24-26-28-30-32-34-35-36-37-38-39-41-43-45-47-49-51-53-55-57-59-61-63-65-67-74(77)83-72(71-82-84(78,79)81-69-68-75(3,4)5)70-80-73(76)66-64-62-60-58-56-54-52-50-48-46-44-42-40-33-31-29-27-25-23-21-19-17-15-13-11-9-7-2/h8,10,14,16,20,22,26,28,72H,6-7,9,11-13,15,17-19,21,23-25,27,29-71H2,1-5H3/p+1/b10-8-,16-14-,22-20-,28-26-. The molecule has 9 nitrogen and oxygen atoms in total. The van der Waals surface area contributed by atoms with E-state index in [1.54, 1.807) is 0 Å². The van der Waals surface area contributed by atoms with Gasteiger partial charge in [-0.1, -0.05) is 345 Å². The van der Waals surface area contributed by atoms with Crippen LogP contribution >= 0.6 is 7.82 Å². The van der Waals surface area contributed by atoms with Crippen LogP contribution in [0.3, 0.4) is 0 Å². The number of ether oxygens (including phenoxy) is 2. The minimum Gasteiger partial charge on any atom is -0.462 e. The van der Waals surface area contributed by atoms with Gasteiger partial charge < -0.3 is 18.9 Å². The number of carbonyl (C=O) groups excluding carboxylic acids is 2. The van der Waals surface area contributed by atoms with Crippen molar-refractivity contribution in [2.75, 3.05) is 47.5 Å². The van der Waals surface area contributed by atoms with E-state index < -0.39 is 26.5 Å². The molecule has 0 spiro atoms. The van der Waals surface area contributed by atoms with Gasteiger partial charge in [0.05, 0.1) is 27.7 Å². The van der Waals surface area contributed by atoms with Crippen LogP contribution in [0.4, 0.5) is 0 Å². The molecule has 0 aliphatic heterocycles. The highest BCUT2D eigenvalue weighted by Gasteiger charge is 2.27. The minimum atomic E-state index is -4.39. The van der Waals surface area contributed by atoms with Crippen molar-refractivity contribution in [3.05, 3.63) is 48.6 Å². The minimum absolute atomic E-state index is 0.0346. The third-order valence-corrected chi connectivity index (χ3v) is 17.4. The van der Waals surface area contributed by atoms with E-state index in [1.165, 1.54) is 270 Å². The van der Waals surface area contributed by atoms with Gasteiger partial charge in [-0.15, -0.1) is 0 Å². The average Bonchev–Trinajstić information content (AvgIpc) is 3.61. The van der Waals surface area contributed by atoms with Gasteiger partial charge in [-0.25, -0.2) is 4.57 Å². The molecule has 0 aromatic heterocycles. The predicted octanol–water partition coefficient (Wildman–Crippen LogP) is 23.6. The maximum Gasteiger partial charge on any atom is 0.472 e. The molecule has 84 heavy (non-hydrogen) atoms. The Morgan fingerprint density at radius 3 is 1.01 bits per heavy atom. The molecule has 0 aromatic carbocycles. The van der Waals surface area contributed by atoms with E-state index in [2.05, 4.69) is 62.5 Å². The molecule has 0 radical (unpaired) electrons. The van der Waals surface area contributed by atoms with Gasteiger partial charge in [0.2, 0.25) is 0 Å². The molecular weight excluding hydrogens is 1060 g/mol. The van der Waals surface area contributed by atoms with Crippen LogP contribution in [0, 0.1) is 0 Å². The van der Waals surface area contributed by atoms with Gasteiger partial charge in [0.1, 0.15) is 19.8 Å². The number of likely N-dealkylation sites (N-methyl/N-ethyl adjacent to an activating group) is 1. The van der Waals surface area contributed by atoms with Crippen LogP contribution in [0.25, 0.3) is 0 Å². The molecular formula is C74H141NO8P+. The number of rotatable bonds is 68. The summed E-state index contributed by atoms with van der Waals surface area (Å²) in [5, 5.41) is 0.